The molecule has 3 aromatic rings. The fraction of sp³-hybridized carbons (Fsp3) is 0.364. The largest absolute Gasteiger partial charge is 0.476 e. The van der Waals surface area contributed by atoms with Gasteiger partial charge in [-0.25, -0.2) is 24.7 Å². The van der Waals surface area contributed by atoms with Gasteiger partial charge >= 0.3 is 5.97 Å². The van der Waals surface area contributed by atoms with E-state index in [2.05, 4.69) is 67.5 Å². The van der Waals surface area contributed by atoms with Crippen molar-refractivity contribution >= 4 is 55.3 Å². The molecule has 14 heteroatoms. The van der Waals surface area contributed by atoms with Crippen molar-refractivity contribution in [3.05, 3.63) is 56.3 Å². The summed E-state index contributed by atoms with van der Waals surface area (Å²) in [6.45, 7) is 7.70. The van der Waals surface area contributed by atoms with E-state index in [9.17, 15) is 14.4 Å². The summed E-state index contributed by atoms with van der Waals surface area (Å²) < 4.78 is 2.28. The number of amides is 2. The molecule has 0 aliphatic heterocycles. The zero-order chi connectivity index (χ0) is 27.2. The van der Waals surface area contributed by atoms with Crippen molar-refractivity contribution in [1.82, 2.24) is 35.0 Å². The van der Waals surface area contributed by atoms with Crippen LogP contribution in [0.2, 0.25) is 0 Å². The number of carbonyl (C=O) groups excluding carboxylic acids is 2. The average molecular weight is 626 g/mol. The Balaban J connectivity index is 0.000000297. The Morgan fingerprint density at radius 2 is 1.39 bits per heavy atom. The molecule has 0 aromatic carbocycles. The maximum atomic E-state index is 12.5. The highest BCUT2D eigenvalue weighted by Crippen LogP contribution is 2.20. The lowest BCUT2D eigenvalue weighted by Gasteiger charge is -2.09. The zero-order valence-electron chi connectivity index (χ0n) is 20.5. The average Bonchev–Trinajstić information content (AvgIpc) is 3.18. The van der Waals surface area contributed by atoms with Crippen molar-refractivity contribution in [2.45, 2.75) is 39.5 Å². The van der Waals surface area contributed by atoms with Crippen LogP contribution in [0, 0.1) is 0 Å². The number of hydrogen-bond donors (Lipinski definition) is 3. The highest BCUT2D eigenvalue weighted by atomic mass is 79.9. The van der Waals surface area contributed by atoms with Gasteiger partial charge in [0.25, 0.3) is 11.8 Å². The van der Waals surface area contributed by atoms with Crippen molar-refractivity contribution in [1.29, 1.82) is 0 Å². The quantitative estimate of drug-likeness (QED) is 0.370. The molecule has 0 saturated carbocycles. The van der Waals surface area contributed by atoms with Gasteiger partial charge in [0.15, 0.2) is 5.69 Å². The van der Waals surface area contributed by atoms with Crippen LogP contribution < -0.4 is 10.6 Å². The number of nitrogens with zero attached hydrogens (tertiary/aromatic N) is 6. The molecule has 3 heterocycles. The summed E-state index contributed by atoms with van der Waals surface area (Å²) in [6, 6.07) is 0. The van der Waals surface area contributed by atoms with Gasteiger partial charge in [0.2, 0.25) is 0 Å². The van der Waals surface area contributed by atoms with Gasteiger partial charge in [0.05, 0.1) is 20.8 Å². The highest BCUT2D eigenvalue weighted by molar-refractivity contribution is 9.10. The Kier molecular flexibility index (Phi) is 10.2. The van der Waals surface area contributed by atoms with Gasteiger partial charge in [0, 0.05) is 38.3 Å². The SMILES string of the molecule is CC(C)c1ncc(Br)c(C(=O)O)n1.CNC(=O)c1c(NC(=O)c2nc(C(C)C)ncc2Br)cnn1C. The number of anilines is 1. The minimum atomic E-state index is -1.05. The van der Waals surface area contributed by atoms with Crippen LogP contribution >= 0.6 is 31.9 Å². The molecule has 12 nitrogen and oxygen atoms in total. The molecule has 0 radical (unpaired) electrons. The fourth-order valence-corrected chi connectivity index (χ4v) is 3.46. The van der Waals surface area contributed by atoms with Crippen LogP contribution in [0.1, 0.15) is 82.6 Å². The first-order chi connectivity index (χ1) is 16.9. The van der Waals surface area contributed by atoms with Gasteiger partial charge < -0.3 is 15.7 Å². The van der Waals surface area contributed by atoms with Gasteiger partial charge in [-0.1, -0.05) is 27.7 Å². The van der Waals surface area contributed by atoms with Crippen molar-refractivity contribution in [3.8, 4) is 0 Å². The Hall–Kier alpha value is -3.26. The summed E-state index contributed by atoms with van der Waals surface area (Å²) >= 11 is 6.35. The monoisotopic (exact) mass is 624 g/mol. The zero-order valence-corrected chi connectivity index (χ0v) is 23.7. The molecular formula is C22H26Br2N8O4. The van der Waals surface area contributed by atoms with Crippen molar-refractivity contribution in [2.75, 3.05) is 12.4 Å². The number of carboxylic acid groups (broad SMARTS) is 1. The summed E-state index contributed by atoms with van der Waals surface area (Å²) in [5, 5.41) is 17.9. The lowest BCUT2D eigenvalue weighted by Crippen LogP contribution is -2.24. The van der Waals surface area contributed by atoms with Gasteiger partial charge in [0.1, 0.15) is 23.0 Å². The van der Waals surface area contributed by atoms with E-state index in [1.807, 2.05) is 27.7 Å². The molecule has 3 N–H and O–H groups in total. The summed E-state index contributed by atoms with van der Waals surface area (Å²) in [5.41, 5.74) is 0.790. The topological polar surface area (TPSA) is 165 Å². The van der Waals surface area contributed by atoms with Crippen LogP contribution in [-0.4, -0.2) is 59.7 Å². The summed E-state index contributed by atoms with van der Waals surface area (Å²) in [7, 11) is 3.13. The molecule has 0 aliphatic rings. The van der Waals surface area contributed by atoms with Crippen LogP contribution in [0.15, 0.2) is 27.5 Å². The number of aryl methyl sites for hydroxylation is 1. The third-order valence-electron chi connectivity index (χ3n) is 4.61. The number of hydrogen-bond acceptors (Lipinski definition) is 8. The Labute approximate surface area is 224 Å². The number of aromatic nitrogens is 6. The smallest absolute Gasteiger partial charge is 0.355 e. The van der Waals surface area contributed by atoms with Crippen LogP contribution in [0.5, 0.6) is 0 Å². The maximum Gasteiger partial charge on any atom is 0.355 e. The first-order valence-electron chi connectivity index (χ1n) is 10.7. The van der Waals surface area contributed by atoms with E-state index in [1.165, 1.54) is 24.1 Å². The van der Waals surface area contributed by atoms with E-state index in [-0.39, 0.29) is 34.8 Å². The lowest BCUT2D eigenvalue weighted by molar-refractivity contribution is 0.0688. The fourth-order valence-electron chi connectivity index (χ4n) is 2.73. The van der Waals surface area contributed by atoms with E-state index < -0.39 is 11.9 Å². The normalized spacial score (nSPS) is 10.6. The summed E-state index contributed by atoms with van der Waals surface area (Å²) in [6.07, 6.45) is 4.42. The molecule has 2 amide bonds. The number of rotatable bonds is 6. The van der Waals surface area contributed by atoms with Crippen LogP contribution in [0.4, 0.5) is 5.69 Å². The first-order valence-corrected chi connectivity index (χ1v) is 12.3. The molecule has 0 atom stereocenters. The molecule has 0 saturated heterocycles. The Morgan fingerprint density at radius 3 is 1.86 bits per heavy atom. The van der Waals surface area contributed by atoms with Crippen LogP contribution in [0.25, 0.3) is 0 Å². The number of carbonyl (C=O) groups is 3. The molecule has 3 rings (SSSR count). The molecule has 0 aliphatic carbocycles. The van der Waals surface area contributed by atoms with E-state index in [1.54, 1.807) is 13.2 Å². The molecule has 0 spiro atoms. The summed E-state index contributed by atoms with van der Waals surface area (Å²) in [5.74, 6) is -0.502. The third-order valence-corrected chi connectivity index (χ3v) is 5.77. The minimum absolute atomic E-state index is 0.0127. The predicted molar refractivity (Wildman–Crippen MR) is 139 cm³/mol. The lowest BCUT2D eigenvalue weighted by atomic mass is 10.2. The van der Waals surface area contributed by atoms with Gasteiger partial charge in [-0.05, 0) is 31.9 Å². The molecule has 0 unspecified atom stereocenters. The second kappa shape index (κ2) is 12.6. The van der Waals surface area contributed by atoms with Gasteiger partial charge in [-0.2, -0.15) is 5.10 Å². The molecule has 36 heavy (non-hydrogen) atoms. The Bertz CT molecular complexity index is 1280. The van der Waals surface area contributed by atoms with Crippen LogP contribution in [-0.2, 0) is 7.05 Å². The predicted octanol–water partition coefficient (Wildman–Crippen LogP) is 3.77. The number of halogens is 2. The summed E-state index contributed by atoms with van der Waals surface area (Å²) in [4.78, 5) is 51.4. The molecule has 3 aromatic heterocycles. The highest BCUT2D eigenvalue weighted by Gasteiger charge is 2.21. The molecule has 0 bridgehead atoms. The number of carboxylic acids is 1. The first kappa shape index (κ1) is 29.0. The minimum Gasteiger partial charge on any atom is -0.476 e. The molecule has 0 fully saturated rings. The van der Waals surface area contributed by atoms with Gasteiger partial charge in [-0.3, -0.25) is 14.3 Å². The third kappa shape index (κ3) is 7.13. The number of aromatic carboxylic acids is 1. The Morgan fingerprint density at radius 1 is 0.889 bits per heavy atom. The van der Waals surface area contributed by atoms with Crippen LogP contribution in [0.3, 0.4) is 0 Å². The second-order valence-corrected chi connectivity index (χ2v) is 9.74. The molecular weight excluding hydrogens is 600 g/mol. The van der Waals surface area contributed by atoms with Crippen molar-refractivity contribution in [3.63, 3.8) is 0 Å². The standard InChI is InChI=1S/C14H17BrN6O2.C8H9BrN2O2/c1-7(2)12-17-5-8(15)10(20-12)13(22)19-9-6-18-21(4)11(9)14(23)16-3;1-4(2)7-10-3-5(9)6(11-7)8(12)13/h5-7H,1-4H3,(H,16,23)(H,19,22);3-4H,1-2H3,(H,12,13). The van der Waals surface area contributed by atoms with E-state index >= 15 is 0 Å². The van der Waals surface area contributed by atoms with Crippen molar-refractivity contribution in [2.24, 2.45) is 7.05 Å². The van der Waals surface area contributed by atoms with E-state index in [4.69, 9.17) is 5.11 Å². The van der Waals surface area contributed by atoms with Crippen molar-refractivity contribution < 1.29 is 19.5 Å². The number of nitrogens with one attached hydrogen (secondary N) is 2. The van der Waals surface area contributed by atoms with E-state index in [0.29, 0.717) is 26.3 Å². The molecule has 192 valence electrons. The van der Waals surface area contributed by atoms with E-state index in [0.717, 1.165) is 0 Å². The maximum absolute atomic E-state index is 12.5. The second-order valence-electron chi connectivity index (χ2n) is 8.03. The van der Waals surface area contributed by atoms with Gasteiger partial charge in [-0.15, -0.1) is 0 Å².